The summed E-state index contributed by atoms with van der Waals surface area (Å²) in [4.78, 5) is 10.2. The molecular weight excluding hydrogens is 189 g/mol. The normalized spacial score (nSPS) is 11.7. The standard InChI is InChI=1S/C7H5F3O3/c1-3-2-4(6(11)12)5(13-3)7(8,9)10/h2H,1H3,(H,11,12)/p-1. The Kier molecular flexibility index (Phi) is 2.07. The summed E-state index contributed by atoms with van der Waals surface area (Å²) in [5.74, 6) is -3.54. The molecule has 1 aromatic rings. The second-order valence-corrected chi connectivity index (χ2v) is 2.39. The predicted molar refractivity (Wildman–Crippen MR) is 32.8 cm³/mol. The van der Waals surface area contributed by atoms with Gasteiger partial charge in [-0.25, -0.2) is 0 Å². The third kappa shape index (κ3) is 1.82. The molecule has 0 aliphatic rings. The molecule has 0 fully saturated rings. The van der Waals surface area contributed by atoms with Crippen molar-refractivity contribution in [3.8, 4) is 0 Å². The Balaban J connectivity index is 3.28. The van der Waals surface area contributed by atoms with E-state index in [1.165, 1.54) is 6.92 Å². The number of hydrogen-bond acceptors (Lipinski definition) is 3. The lowest BCUT2D eigenvalue weighted by atomic mass is 10.2. The van der Waals surface area contributed by atoms with E-state index in [1.807, 2.05) is 0 Å². The number of furan rings is 1. The summed E-state index contributed by atoms with van der Waals surface area (Å²) in [7, 11) is 0. The number of aryl methyl sites for hydroxylation is 1. The van der Waals surface area contributed by atoms with Crippen molar-refractivity contribution in [3.63, 3.8) is 0 Å². The van der Waals surface area contributed by atoms with Gasteiger partial charge in [0.25, 0.3) is 0 Å². The maximum absolute atomic E-state index is 12.0. The zero-order valence-electron chi connectivity index (χ0n) is 6.44. The van der Waals surface area contributed by atoms with Crippen LogP contribution in [-0.4, -0.2) is 5.97 Å². The van der Waals surface area contributed by atoms with Crippen molar-refractivity contribution in [1.82, 2.24) is 0 Å². The molecule has 1 aromatic heterocycles. The molecule has 0 N–H and O–H groups in total. The van der Waals surface area contributed by atoms with Gasteiger partial charge in [-0.05, 0) is 13.0 Å². The van der Waals surface area contributed by atoms with Gasteiger partial charge in [0.2, 0.25) is 5.76 Å². The van der Waals surface area contributed by atoms with Crippen molar-refractivity contribution in [2.24, 2.45) is 0 Å². The Morgan fingerprint density at radius 1 is 1.54 bits per heavy atom. The molecule has 0 aromatic carbocycles. The fourth-order valence-corrected chi connectivity index (χ4v) is 0.876. The van der Waals surface area contributed by atoms with Crippen LogP contribution in [0, 0.1) is 6.92 Å². The zero-order chi connectivity index (χ0) is 10.2. The van der Waals surface area contributed by atoms with Gasteiger partial charge in [0.1, 0.15) is 5.76 Å². The van der Waals surface area contributed by atoms with Crippen LogP contribution in [0.2, 0.25) is 0 Å². The van der Waals surface area contributed by atoms with Gasteiger partial charge in [0.05, 0.1) is 5.97 Å². The highest BCUT2D eigenvalue weighted by Gasteiger charge is 2.38. The number of carbonyl (C=O) groups is 1. The van der Waals surface area contributed by atoms with E-state index >= 15 is 0 Å². The van der Waals surface area contributed by atoms with Crippen LogP contribution in [-0.2, 0) is 6.18 Å². The van der Waals surface area contributed by atoms with E-state index in [0.29, 0.717) is 0 Å². The van der Waals surface area contributed by atoms with E-state index in [4.69, 9.17) is 0 Å². The minimum atomic E-state index is -4.80. The van der Waals surface area contributed by atoms with E-state index < -0.39 is 23.5 Å². The molecule has 6 heteroatoms. The number of carboxylic acid groups (broad SMARTS) is 1. The van der Waals surface area contributed by atoms with Crippen LogP contribution in [0.5, 0.6) is 0 Å². The summed E-state index contributed by atoms with van der Waals surface area (Å²) in [6, 6.07) is 0.776. The molecule has 0 saturated carbocycles. The summed E-state index contributed by atoms with van der Waals surface area (Å²) in [6.07, 6.45) is -4.80. The number of rotatable bonds is 1. The van der Waals surface area contributed by atoms with Gasteiger partial charge in [-0.2, -0.15) is 13.2 Å². The number of hydrogen-bond donors (Lipinski definition) is 0. The Hall–Kier alpha value is -1.46. The van der Waals surface area contributed by atoms with Gasteiger partial charge in [-0.1, -0.05) is 0 Å². The van der Waals surface area contributed by atoms with Gasteiger partial charge in [-0.3, -0.25) is 0 Å². The Labute approximate surface area is 70.8 Å². The predicted octanol–water partition coefficient (Wildman–Crippen LogP) is 0.970. The van der Waals surface area contributed by atoms with Gasteiger partial charge in [-0.15, -0.1) is 0 Å². The second kappa shape index (κ2) is 2.79. The molecule has 0 saturated heterocycles. The maximum Gasteiger partial charge on any atom is 0.450 e. The third-order valence-corrected chi connectivity index (χ3v) is 1.33. The minimum absolute atomic E-state index is 0.119. The highest BCUT2D eigenvalue weighted by atomic mass is 19.4. The Morgan fingerprint density at radius 2 is 2.08 bits per heavy atom. The van der Waals surface area contributed by atoms with E-state index in [-0.39, 0.29) is 5.76 Å². The van der Waals surface area contributed by atoms with Crippen LogP contribution in [0.15, 0.2) is 10.5 Å². The van der Waals surface area contributed by atoms with E-state index in [2.05, 4.69) is 4.42 Å². The summed E-state index contributed by atoms with van der Waals surface area (Å²) >= 11 is 0. The summed E-state index contributed by atoms with van der Waals surface area (Å²) in [5, 5.41) is 10.2. The molecule has 0 aliphatic heterocycles. The molecule has 0 spiro atoms. The fraction of sp³-hybridized carbons (Fsp3) is 0.286. The molecule has 13 heavy (non-hydrogen) atoms. The molecule has 0 radical (unpaired) electrons. The number of aromatic carboxylic acids is 1. The van der Waals surface area contributed by atoms with Crippen molar-refractivity contribution < 1.29 is 27.5 Å². The lowest BCUT2D eigenvalue weighted by molar-refractivity contribution is -0.256. The number of halogens is 3. The lowest BCUT2D eigenvalue weighted by Crippen LogP contribution is -2.24. The molecular formula is C7H4F3O3-. The highest BCUT2D eigenvalue weighted by molar-refractivity contribution is 5.87. The first-order chi connectivity index (χ1) is 5.82. The van der Waals surface area contributed by atoms with Crippen molar-refractivity contribution in [2.75, 3.05) is 0 Å². The number of alkyl halides is 3. The Bertz CT molecular complexity index is 337. The van der Waals surface area contributed by atoms with Crippen LogP contribution < -0.4 is 5.11 Å². The second-order valence-electron chi connectivity index (χ2n) is 2.39. The zero-order valence-corrected chi connectivity index (χ0v) is 6.44. The summed E-state index contributed by atoms with van der Waals surface area (Å²) in [6.45, 7) is 1.22. The van der Waals surface area contributed by atoms with Gasteiger partial charge < -0.3 is 14.3 Å². The first-order valence-corrected chi connectivity index (χ1v) is 3.21. The molecule has 1 rings (SSSR count). The highest BCUT2D eigenvalue weighted by Crippen LogP contribution is 2.33. The van der Waals surface area contributed by atoms with Gasteiger partial charge in [0, 0.05) is 5.56 Å². The van der Waals surface area contributed by atoms with Crippen LogP contribution in [0.3, 0.4) is 0 Å². The first kappa shape index (κ1) is 9.63. The van der Waals surface area contributed by atoms with Crippen molar-refractivity contribution in [1.29, 1.82) is 0 Å². The molecule has 0 unspecified atom stereocenters. The van der Waals surface area contributed by atoms with Crippen LogP contribution in [0.4, 0.5) is 13.2 Å². The largest absolute Gasteiger partial charge is 0.545 e. The minimum Gasteiger partial charge on any atom is -0.545 e. The van der Waals surface area contributed by atoms with Crippen LogP contribution in [0.25, 0.3) is 0 Å². The molecule has 0 atom stereocenters. The topological polar surface area (TPSA) is 53.3 Å². The van der Waals surface area contributed by atoms with Crippen LogP contribution in [0.1, 0.15) is 21.9 Å². The molecule has 1 heterocycles. The SMILES string of the molecule is Cc1cc(C(=O)[O-])c(C(F)(F)F)o1. The molecule has 0 bridgehead atoms. The average molecular weight is 193 g/mol. The summed E-state index contributed by atoms with van der Waals surface area (Å²) in [5.41, 5.74) is -0.968. The molecule has 0 amide bonds. The van der Waals surface area contributed by atoms with Gasteiger partial charge in [0.15, 0.2) is 0 Å². The van der Waals surface area contributed by atoms with E-state index in [9.17, 15) is 23.1 Å². The molecule has 0 aliphatic carbocycles. The average Bonchev–Trinajstić information content (AvgIpc) is 2.29. The summed E-state index contributed by atoms with van der Waals surface area (Å²) < 4.78 is 40.3. The maximum atomic E-state index is 12.0. The fourth-order valence-electron chi connectivity index (χ4n) is 0.876. The van der Waals surface area contributed by atoms with Crippen molar-refractivity contribution >= 4 is 5.97 Å². The van der Waals surface area contributed by atoms with E-state index in [0.717, 1.165) is 6.07 Å². The number of carboxylic acids is 1. The van der Waals surface area contributed by atoms with Crippen molar-refractivity contribution in [2.45, 2.75) is 13.1 Å². The molecule has 72 valence electrons. The lowest BCUT2D eigenvalue weighted by Gasteiger charge is -2.05. The van der Waals surface area contributed by atoms with Crippen molar-refractivity contribution in [3.05, 3.63) is 23.2 Å². The quantitative estimate of drug-likeness (QED) is 0.667. The monoisotopic (exact) mass is 193 g/mol. The van der Waals surface area contributed by atoms with Crippen LogP contribution >= 0.6 is 0 Å². The van der Waals surface area contributed by atoms with E-state index in [1.54, 1.807) is 0 Å². The first-order valence-electron chi connectivity index (χ1n) is 3.21. The van der Waals surface area contributed by atoms with Gasteiger partial charge >= 0.3 is 6.18 Å². The third-order valence-electron chi connectivity index (χ3n) is 1.33. The smallest absolute Gasteiger partial charge is 0.450 e. The molecule has 3 nitrogen and oxygen atoms in total. The Morgan fingerprint density at radius 3 is 2.38 bits per heavy atom. The number of carbonyl (C=O) groups excluding carboxylic acids is 1.